The van der Waals surface area contributed by atoms with Crippen LogP contribution in [-0.2, 0) is 4.79 Å². The molecule has 6 nitrogen and oxygen atoms in total. The summed E-state index contributed by atoms with van der Waals surface area (Å²) in [5, 5.41) is 9.74. The van der Waals surface area contributed by atoms with Crippen LogP contribution in [0.5, 0.6) is 5.75 Å². The largest absolute Gasteiger partial charge is 0.494 e. The fourth-order valence-corrected chi connectivity index (χ4v) is 2.23. The molecule has 0 fully saturated rings. The first-order valence-corrected chi connectivity index (χ1v) is 7.72. The van der Waals surface area contributed by atoms with Gasteiger partial charge < -0.3 is 14.6 Å². The Hall–Kier alpha value is -2.34. The lowest BCUT2D eigenvalue weighted by Gasteiger charge is -2.19. The molecule has 124 valence electrons. The minimum atomic E-state index is -0.367. The van der Waals surface area contributed by atoms with Crippen molar-refractivity contribution in [2.24, 2.45) is 0 Å². The standard InChI is InChI=1S/C17H23N3O3/c1-5-22-15-8-6-14(7-9-15)12(3)18-13(4)17(21)19-16-10-11(2)23-20-16/h6-10,12-13,18H,5H2,1-4H3,(H,19,20,21)/t12-,13+/m0/s1. The highest BCUT2D eigenvalue weighted by molar-refractivity contribution is 5.93. The first-order chi connectivity index (χ1) is 11.0. The minimum Gasteiger partial charge on any atom is -0.494 e. The van der Waals surface area contributed by atoms with E-state index in [1.54, 1.807) is 13.0 Å². The fourth-order valence-electron chi connectivity index (χ4n) is 2.23. The van der Waals surface area contributed by atoms with E-state index in [0.717, 1.165) is 11.3 Å². The second-order valence-electron chi connectivity index (χ2n) is 5.42. The molecule has 1 heterocycles. The van der Waals surface area contributed by atoms with Gasteiger partial charge in [0.1, 0.15) is 11.5 Å². The van der Waals surface area contributed by atoms with Crippen molar-refractivity contribution >= 4 is 11.7 Å². The van der Waals surface area contributed by atoms with Gasteiger partial charge in [-0.05, 0) is 45.4 Å². The molecule has 1 amide bonds. The third-order valence-corrected chi connectivity index (χ3v) is 3.46. The van der Waals surface area contributed by atoms with E-state index < -0.39 is 0 Å². The van der Waals surface area contributed by atoms with E-state index in [0.29, 0.717) is 18.2 Å². The van der Waals surface area contributed by atoms with Crippen LogP contribution in [0.25, 0.3) is 0 Å². The summed E-state index contributed by atoms with van der Waals surface area (Å²) in [7, 11) is 0. The summed E-state index contributed by atoms with van der Waals surface area (Å²) in [6.45, 7) is 8.20. The number of aryl methyl sites for hydroxylation is 1. The van der Waals surface area contributed by atoms with Gasteiger partial charge in [0.2, 0.25) is 5.91 Å². The van der Waals surface area contributed by atoms with Crippen molar-refractivity contribution in [2.75, 3.05) is 11.9 Å². The Morgan fingerprint density at radius 2 is 2.00 bits per heavy atom. The van der Waals surface area contributed by atoms with E-state index in [1.165, 1.54) is 0 Å². The molecule has 1 aromatic heterocycles. The van der Waals surface area contributed by atoms with E-state index in [2.05, 4.69) is 15.8 Å². The van der Waals surface area contributed by atoms with Crippen LogP contribution in [0, 0.1) is 6.92 Å². The monoisotopic (exact) mass is 317 g/mol. The van der Waals surface area contributed by atoms with Gasteiger partial charge in [0.15, 0.2) is 5.82 Å². The molecule has 0 aliphatic heterocycles. The van der Waals surface area contributed by atoms with Gasteiger partial charge in [-0.2, -0.15) is 0 Å². The predicted octanol–water partition coefficient (Wildman–Crippen LogP) is 3.06. The van der Waals surface area contributed by atoms with Crippen molar-refractivity contribution in [2.45, 2.75) is 39.8 Å². The number of carbonyl (C=O) groups is 1. The number of benzene rings is 1. The van der Waals surface area contributed by atoms with Crippen LogP contribution >= 0.6 is 0 Å². The molecular weight excluding hydrogens is 294 g/mol. The number of hydrogen-bond acceptors (Lipinski definition) is 5. The Morgan fingerprint density at radius 1 is 1.30 bits per heavy atom. The zero-order chi connectivity index (χ0) is 16.8. The maximum absolute atomic E-state index is 12.2. The second-order valence-corrected chi connectivity index (χ2v) is 5.42. The SMILES string of the molecule is CCOc1ccc([C@H](C)N[C@H](C)C(=O)Nc2cc(C)on2)cc1. The number of nitrogens with zero attached hydrogens (tertiary/aromatic N) is 1. The topological polar surface area (TPSA) is 76.4 Å². The summed E-state index contributed by atoms with van der Waals surface area (Å²) < 4.78 is 10.4. The first-order valence-electron chi connectivity index (χ1n) is 7.72. The molecule has 1 aromatic carbocycles. The highest BCUT2D eigenvalue weighted by Crippen LogP contribution is 2.18. The quantitative estimate of drug-likeness (QED) is 0.821. The van der Waals surface area contributed by atoms with Gasteiger partial charge >= 0.3 is 0 Å². The average molecular weight is 317 g/mol. The predicted molar refractivity (Wildman–Crippen MR) is 88.5 cm³/mol. The van der Waals surface area contributed by atoms with Gasteiger partial charge in [0.25, 0.3) is 0 Å². The van der Waals surface area contributed by atoms with E-state index in [-0.39, 0.29) is 18.0 Å². The lowest BCUT2D eigenvalue weighted by atomic mass is 10.1. The molecule has 0 saturated carbocycles. The zero-order valence-corrected chi connectivity index (χ0v) is 13.9. The van der Waals surface area contributed by atoms with E-state index in [4.69, 9.17) is 9.26 Å². The second kappa shape index (κ2) is 7.78. The molecule has 0 aliphatic carbocycles. The van der Waals surface area contributed by atoms with Gasteiger partial charge in [-0.25, -0.2) is 0 Å². The molecule has 6 heteroatoms. The summed E-state index contributed by atoms with van der Waals surface area (Å²) in [5.74, 6) is 1.77. The van der Waals surface area contributed by atoms with E-state index in [9.17, 15) is 4.79 Å². The maximum Gasteiger partial charge on any atom is 0.242 e. The Balaban J connectivity index is 1.90. The molecule has 0 spiro atoms. The Kier molecular flexibility index (Phi) is 5.76. The van der Waals surface area contributed by atoms with E-state index >= 15 is 0 Å². The smallest absolute Gasteiger partial charge is 0.242 e. The lowest BCUT2D eigenvalue weighted by Crippen LogP contribution is -2.39. The van der Waals surface area contributed by atoms with Crippen LogP contribution in [0.2, 0.25) is 0 Å². The van der Waals surface area contributed by atoms with Crippen molar-refractivity contribution in [1.82, 2.24) is 10.5 Å². The third-order valence-electron chi connectivity index (χ3n) is 3.46. The molecule has 0 radical (unpaired) electrons. The number of aromatic nitrogens is 1. The highest BCUT2D eigenvalue weighted by atomic mass is 16.5. The molecule has 23 heavy (non-hydrogen) atoms. The van der Waals surface area contributed by atoms with Crippen molar-refractivity contribution in [1.29, 1.82) is 0 Å². The fraction of sp³-hybridized carbons (Fsp3) is 0.412. The Labute approximate surface area is 136 Å². The molecule has 0 bridgehead atoms. The van der Waals surface area contributed by atoms with Crippen LogP contribution in [0.4, 0.5) is 5.82 Å². The molecule has 2 atom stereocenters. The number of hydrogen-bond donors (Lipinski definition) is 2. The van der Waals surface area contributed by atoms with Crippen LogP contribution < -0.4 is 15.4 Å². The van der Waals surface area contributed by atoms with Crippen molar-refractivity contribution in [3.05, 3.63) is 41.7 Å². The van der Waals surface area contributed by atoms with Crippen LogP contribution in [-0.4, -0.2) is 23.7 Å². The number of carbonyl (C=O) groups excluding carboxylic acids is 1. The average Bonchev–Trinajstić information content (AvgIpc) is 2.93. The number of amides is 1. The lowest BCUT2D eigenvalue weighted by molar-refractivity contribution is -0.118. The maximum atomic E-state index is 12.2. The Bertz CT molecular complexity index is 637. The van der Waals surface area contributed by atoms with Gasteiger partial charge in [0.05, 0.1) is 12.6 Å². The molecule has 0 aliphatic rings. The molecule has 2 N–H and O–H groups in total. The summed E-state index contributed by atoms with van der Waals surface area (Å²) >= 11 is 0. The summed E-state index contributed by atoms with van der Waals surface area (Å²) in [6, 6.07) is 9.20. The Morgan fingerprint density at radius 3 is 2.57 bits per heavy atom. The molecule has 2 aromatic rings. The van der Waals surface area contributed by atoms with Crippen LogP contribution in [0.1, 0.15) is 38.1 Å². The van der Waals surface area contributed by atoms with Crippen molar-refractivity contribution < 1.29 is 14.1 Å². The van der Waals surface area contributed by atoms with Crippen LogP contribution in [0.15, 0.2) is 34.9 Å². The summed E-state index contributed by atoms with van der Waals surface area (Å²) in [5.41, 5.74) is 1.09. The summed E-state index contributed by atoms with van der Waals surface area (Å²) in [6.07, 6.45) is 0. The van der Waals surface area contributed by atoms with Crippen molar-refractivity contribution in [3.63, 3.8) is 0 Å². The van der Waals surface area contributed by atoms with Gasteiger partial charge in [-0.3, -0.25) is 10.1 Å². The normalized spacial score (nSPS) is 13.4. The molecular formula is C17H23N3O3. The highest BCUT2D eigenvalue weighted by Gasteiger charge is 2.17. The minimum absolute atomic E-state index is 0.0328. The van der Waals surface area contributed by atoms with Gasteiger partial charge in [-0.15, -0.1) is 0 Å². The first kappa shape index (κ1) is 17.0. The van der Waals surface area contributed by atoms with Gasteiger partial charge in [0, 0.05) is 12.1 Å². The number of rotatable bonds is 7. The van der Waals surface area contributed by atoms with Crippen molar-refractivity contribution in [3.8, 4) is 5.75 Å². The third kappa shape index (κ3) is 4.82. The number of nitrogens with one attached hydrogen (secondary N) is 2. The molecule has 0 unspecified atom stereocenters. The molecule has 2 rings (SSSR count). The summed E-state index contributed by atoms with van der Waals surface area (Å²) in [4.78, 5) is 12.2. The molecule has 0 saturated heterocycles. The van der Waals surface area contributed by atoms with Crippen LogP contribution in [0.3, 0.4) is 0 Å². The number of anilines is 1. The van der Waals surface area contributed by atoms with Gasteiger partial charge in [-0.1, -0.05) is 17.3 Å². The zero-order valence-electron chi connectivity index (χ0n) is 13.9. The number of ether oxygens (including phenoxy) is 1. The van der Waals surface area contributed by atoms with E-state index in [1.807, 2.05) is 45.0 Å².